The van der Waals surface area contributed by atoms with E-state index in [0.29, 0.717) is 6.61 Å². The monoisotopic (exact) mass is 282 g/mol. The SMILES string of the molecule is CCCCCCCCCOc1cc(F)ccc1B(O)O. The lowest BCUT2D eigenvalue weighted by Gasteiger charge is -2.11. The molecule has 0 fully saturated rings. The summed E-state index contributed by atoms with van der Waals surface area (Å²) in [5.41, 5.74) is 0.203. The van der Waals surface area contributed by atoms with Crippen LogP contribution >= 0.6 is 0 Å². The van der Waals surface area contributed by atoms with Crippen molar-refractivity contribution < 1.29 is 19.2 Å². The number of benzene rings is 1. The van der Waals surface area contributed by atoms with E-state index >= 15 is 0 Å². The van der Waals surface area contributed by atoms with E-state index in [1.807, 2.05) is 0 Å². The van der Waals surface area contributed by atoms with E-state index in [4.69, 9.17) is 4.74 Å². The van der Waals surface area contributed by atoms with Gasteiger partial charge in [0.05, 0.1) is 6.61 Å². The first-order valence-electron chi connectivity index (χ1n) is 7.43. The van der Waals surface area contributed by atoms with Gasteiger partial charge in [-0.05, 0) is 12.5 Å². The second-order valence-corrected chi connectivity index (χ2v) is 5.03. The number of unbranched alkanes of at least 4 members (excludes halogenated alkanes) is 6. The molecule has 1 rings (SSSR count). The summed E-state index contributed by atoms with van der Waals surface area (Å²) in [6, 6.07) is 3.71. The van der Waals surface area contributed by atoms with Gasteiger partial charge in [0.2, 0.25) is 0 Å². The van der Waals surface area contributed by atoms with Gasteiger partial charge in [-0.25, -0.2) is 4.39 Å². The lowest BCUT2D eigenvalue weighted by molar-refractivity contribution is 0.303. The van der Waals surface area contributed by atoms with Crippen molar-refractivity contribution in [2.75, 3.05) is 6.61 Å². The van der Waals surface area contributed by atoms with Gasteiger partial charge in [0.25, 0.3) is 0 Å². The second kappa shape index (κ2) is 9.78. The van der Waals surface area contributed by atoms with Crippen LogP contribution in [0.15, 0.2) is 18.2 Å². The predicted octanol–water partition coefficient (Wildman–Crippen LogP) is 2.63. The van der Waals surface area contributed by atoms with Crippen molar-refractivity contribution in [3.05, 3.63) is 24.0 Å². The summed E-state index contributed by atoms with van der Waals surface area (Å²) in [6.45, 7) is 2.66. The molecule has 1 aromatic rings. The minimum Gasteiger partial charge on any atom is -0.494 e. The Hall–Kier alpha value is -1.07. The highest BCUT2D eigenvalue weighted by molar-refractivity contribution is 6.59. The number of hydrogen-bond donors (Lipinski definition) is 2. The average Bonchev–Trinajstić information content (AvgIpc) is 2.41. The zero-order valence-corrected chi connectivity index (χ0v) is 12.1. The van der Waals surface area contributed by atoms with Gasteiger partial charge in [0.15, 0.2) is 0 Å². The highest BCUT2D eigenvalue weighted by Gasteiger charge is 2.17. The summed E-state index contributed by atoms with van der Waals surface area (Å²) in [4.78, 5) is 0. The molecule has 0 amide bonds. The van der Waals surface area contributed by atoms with Crippen LogP contribution < -0.4 is 10.2 Å². The van der Waals surface area contributed by atoms with Crippen molar-refractivity contribution in [1.29, 1.82) is 0 Å². The Labute approximate surface area is 120 Å². The smallest absolute Gasteiger partial charge is 0.492 e. The average molecular weight is 282 g/mol. The summed E-state index contributed by atoms with van der Waals surface area (Å²) < 4.78 is 18.6. The molecule has 2 N–H and O–H groups in total. The van der Waals surface area contributed by atoms with Crippen LogP contribution in [0.1, 0.15) is 51.9 Å². The van der Waals surface area contributed by atoms with Crippen molar-refractivity contribution in [3.8, 4) is 5.75 Å². The number of ether oxygens (including phenoxy) is 1. The van der Waals surface area contributed by atoms with Crippen LogP contribution in [0.25, 0.3) is 0 Å². The first-order chi connectivity index (χ1) is 9.65. The van der Waals surface area contributed by atoms with Gasteiger partial charge in [-0.2, -0.15) is 0 Å². The summed E-state index contributed by atoms with van der Waals surface area (Å²) in [6.07, 6.45) is 8.21. The van der Waals surface area contributed by atoms with Crippen molar-refractivity contribution in [2.24, 2.45) is 0 Å². The Kier molecular flexibility index (Phi) is 8.31. The molecule has 0 atom stereocenters. The van der Waals surface area contributed by atoms with E-state index < -0.39 is 12.9 Å². The maximum absolute atomic E-state index is 13.1. The molecule has 0 radical (unpaired) electrons. The Morgan fingerprint density at radius 3 is 2.35 bits per heavy atom. The number of halogens is 1. The van der Waals surface area contributed by atoms with Crippen molar-refractivity contribution in [1.82, 2.24) is 0 Å². The first kappa shape index (κ1) is 17.0. The molecule has 0 spiro atoms. The topological polar surface area (TPSA) is 49.7 Å². The van der Waals surface area contributed by atoms with E-state index in [-0.39, 0.29) is 11.2 Å². The van der Waals surface area contributed by atoms with E-state index in [1.165, 1.54) is 50.3 Å². The summed E-state index contributed by atoms with van der Waals surface area (Å²) in [5, 5.41) is 18.3. The van der Waals surface area contributed by atoms with Crippen LogP contribution in [0.3, 0.4) is 0 Å². The van der Waals surface area contributed by atoms with Crippen molar-refractivity contribution in [3.63, 3.8) is 0 Å². The Bertz CT molecular complexity index is 385. The molecule has 112 valence electrons. The minimum atomic E-state index is -1.64. The predicted molar refractivity (Wildman–Crippen MR) is 79.7 cm³/mol. The Balaban J connectivity index is 2.26. The van der Waals surface area contributed by atoms with Gasteiger partial charge in [0.1, 0.15) is 11.6 Å². The highest BCUT2D eigenvalue weighted by Crippen LogP contribution is 2.12. The quantitative estimate of drug-likeness (QED) is 0.512. The zero-order chi connectivity index (χ0) is 14.8. The maximum Gasteiger partial charge on any atom is 0.492 e. The summed E-state index contributed by atoms with van der Waals surface area (Å²) >= 11 is 0. The molecule has 0 aliphatic carbocycles. The molecular formula is C15H24BFO3. The van der Waals surface area contributed by atoms with Crippen LogP contribution in [0.5, 0.6) is 5.75 Å². The van der Waals surface area contributed by atoms with Crippen LogP contribution in [0.2, 0.25) is 0 Å². The van der Waals surface area contributed by atoms with Gasteiger partial charge in [-0.15, -0.1) is 0 Å². The van der Waals surface area contributed by atoms with E-state index in [1.54, 1.807) is 0 Å². The fraction of sp³-hybridized carbons (Fsp3) is 0.600. The van der Waals surface area contributed by atoms with Crippen molar-refractivity contribution in [2.45, 2.75) is 51.9 Å². The molecule has 3 nitrogen and oxygen atoms in total. The molecule has 0 saturated heterocycles. The molecule has 1 aromatic carbocycles. The lowest BCUT2D eigenvalue weighted by Crippen LogP contribution is -2.31. The maximum atomic E-state index is 13.1. The van der Waals surface area contributed by atoms with Gasteiger partial charge >= 0.3 is 7.12 Å². The fourth-order valence-electron chi connectivity index (χ4n) is 2.09. The van der Waals surface area contributed by atoms with Gasteiger partial charge in [-0.3, -0.25) is 0 Å². The first-order valence-corrected chi connectivity index (χ1v) is 7.43. The van der Waals surface area contributed by atoms with Crippen LogP contribution in [-0.4, -0.2) is 23.8 Å². The van der Waals surface area contributed by atoms with Crippen LogP contribution in [-0.2, 0) is 0 Å². The molecule has 0 unspecified atom stereocenters. The van der Waals surface area contributed by atoms with E-state index in [2.05, 4.69) is 6.92 Å². The minimum absolute atomic E-state index is 0.203. The molecule has 0 heterocycles. The lowest BCUT2D eigenvalue weighted by atomic mass is 9.79. The normalized spacial score (nSPS) is 10.6. The molecule has 0 aliphatic rings. The fourth-order valence-corrected chi connectivity index (χ4v) is 2.09. The van der Waals surface area contributed by atoms with Crippen molar-refractivity contribution >= 4 is 12.6 Å². The number of rotatable bonds is 10. The molecule has 0 aliphatic heterocycles. The van der Waals surface area contributed by atoms with Gasteiger partial charge < -0.3 is 14.8 Å². The van der Waals surface area contributed by atoms with Crippen LogP contribution in [0, 0.1) is 5.82 Å². The molecule has 0 bridgehead atoms. The molecule has 0 aromatic heterocycles. The third kappa shape index (κ3) is 6.39. The highest BCUT2D eigenvalue weighted by atomic mass is 19.1. The van der Waals surface area contributed by atoms with Gasteiger partial charge in [-0.1, -0.05) is 51.5 Å². The standard InChI is InChI=1S/C15H24BFO3/c1-2-3-4-5-6-7-8-11-20-15-12-13(17)9-10-14(15)16(18)19/h9-10,12,18-19H,2-8,11H2,1H3. The third-order valence-corrected chi connectivity index (χ3v) is 3.26. The van der Waals surface area contributed by atoms with Crippen LogP contribution in [0.4, 0.5) is 4.39 Å². The Morgan fingerprint density at radius 1 is 1.05 bits per heavy atom. The largest absolute Gasteiger partial charge is 0.494 e. The second-order valence-electron chi connectivity index (χ2n) is 5.03. The molecule has 0 saturated carbocycles. The molecule has 20 heavy (non-hydrogen) atoms. The van der Waals surface area contributed by atoms with E-state index in [0.717, 1.165) is 12.8 Å². The Morgan fingerprint density at radius 2 is 1.70 bits per heavy atom. The number of hydrogen-bond acceptors (Lipinski definition) is 3. The molecular weight excluding hydrogens is 258 g/mol. The van der Waals surface area contributed by atoms with E-state index in [9.17, 15) is 14.4 Å². The summed E-state index contributed by atoms with van der Waals surface area (Å²) in [7, 11) is -1.64. The molecule has 5 heteroatoms. The summed E-state index contributed by atoms with van der Waals surface area (Å²) in [5.74, 6) is -0.227. The van der Waals surface area contributed by atoms with Gasteiger partial charge in [0, 0.05) is 11.5 Å². The third-order valence-electron chi connectivity index (χ3n) is 3.26. The zero-order valence-electron chi connectivity index (χ0n) is 12.1.